The highest BCUT2D eigenvalue weighted by atomic mass is 32.2. The molecule has 20 heavy (non-hydrogen) atoms. The van der Waals surface area contributed by atoms with Crippen molar-refractivity contribution in [3.8, 4) is 0 Å². The van der Waals surface area contributed by atoms with Gasteiger partial charge in [-0.3, -0.25) is 4.72 Å². The number of rotatable bonds is 7. The number of benzene rings is 1. The molecule has 0 aliphatic rings. The minimum atomic E-state index is -3.29. The second-order valence-electron chi connectivity index (χ2n) is 4.18. The molecule has 2 amide bonds. The Labute approximate surface area is 118 Å². The van der Waals surface area contributed by atoms with E-state index in [9.17, 15) is 13.2 Å². The monoisotopic (exact) mass is 301 g/mol. The maximum Gasteiger partial charge on any atom is 0.319 e. The molecule has 0 saturated carbocycles. The Kier molecular flexibility index (Phi) is 6.26. The normalized spacial score (nSPS) is 10.9. The number of carbonyl (C=O) groups is 1. The number of hydrogen-bond acceptors (Lipinski definition) is 4. The fourth-order valence-corrected chi connectivity index (χ4v) is 1.99. The van der Waals surface area contributed by atoms with Gasteiger partial charge in [0.15, 0.2) is 0 Å². The lowest BCUT2D eigenvalue weighted by molar-refractivity contribution is 0.194. The van der Waals surface area contributed by atoms with Crippen LogP contribution in [0.2, 0.25) is 0 Å². The van der Waals surface area contributed by atoms with Gasteiger partial charge >= 0.3 is 6.03 Å². The topological polar surface area (TPSA) is 96.5 Å². The Hall–Kier alpha value is -1.80. The van der Waals surface area contributed by atoms with E-state index in [1.54, 1.807) is 31.4 Å². The summed E-state index contributed by atoms with van der Waals surface area (Å²) in [4.78, 5) is 11.5. The largest absolute Gasteiger partial charge is 0.385 e. The Morgan fingerprint density at radius 2 is 1.80 bits per heavy atom. The van der Waals surface area contributed by atoms with E-state index in [-0.39, 0.29) is 6.03 Å². The molecule has 0 bridgehead atoms. The van der Waals surface area contributed by atoms with Crippen molar-refractivity contribution in [1.29, 1.82) is 0 Å². The quantitative estimate of drug-likeness (QED) is 0.660. The molecule has 0 saturated heterocycles. The van der Waals surface area contributed by atoms with Gasteiger partial charge in [-0.05, 0) is 30.7 Å². The van der Waals surface area contributed by atoms with E-state index in [1.807, 2.05) is 0 Å². The summed E-state index contributed by atoms with van der Waals surface area (Å²) >= 11 is 0. The van der Waals surface area contributed by atoms with Crippen molar-refractivity contribution in [2.45, 2.75) is 6.42 Å². The number of anilines is 2. The third-order valence-electron chi connectivity index (χ3n) is 2.26. The van der Waals surface area contributed by atoms with E-state index in [1.165, 1.54) is 0 Å². The Morgan fingerprint density at radius 1 is 1.20 bits per heavy atom. The molecule has 0 spiro atoms. The predicted octanol–water partition coefficient (Wildman–Crippen LogP) is 1.22. The summed E-state index contributed by atoms with van der Waals surface area (Å²) in [5.41, 5.74) is 1.02. The molecule has 3 N–H and O–H groups in total. The molecule has 0 aliphatic carbocycles. The minimum absolute atomic E-state index is 0.315. The zero-order chi connectivity index (χ0) is 15.0. The van der Waals surface area contributed by atoms with Crippen LogP contribution < -0.4 is 15.4 Å². The first-order valence-electron chi connectivity index (χ1n) is 6.02. The number of carbonyl (C=O) groups excluding carboxylic acids is 1. The lowest BCUT2D eigenvalue weighted by Crippen LogP contribution is -2.30. The van der Waals surface area contributed by atoms with Gasteiger partial charge < -0.3 is 15.4 Å². The molecule has 8 heteroatoms. The van der Waals surface area contributed by atoms with Gasteiger partial charge in [-0.1, -0.05) is 0 Å². The van der Waals surface area contributed by atoms with Crippen LogP contribution in [0.5, 0.6) is 0 Å². The molecular formula is C12H19N3O4S. The van der Waals surface area contributed by atoms with E-state index < -0.39 is 10.0 Å². The van der Waals surface area contributed by atoms with Gasteiger partial charge in [0.05, 0.1) is 6.26 Å². The third-order valence-corrected chi connectivity index (χ3v) is 2.86. The van der Waals surface area contributed by atoms with Crippen molar-refractivity contribution >= 4 is 27.4 Å². The maximum absolute atomic E-state index is 11.5. The zero-order valence-corrected chi connectivity index (χ0v) is 12.3. The van der Waals surface area contributed by atoms with Crippen molar-refractivity contribution in [3.63, 3.8) is 0 Å². The molecule has 0 aromatic heterocycles. The molecule has 0 radical (unpaired) electrons. The van der Waals surface area contributed by atoms with Crippen molar-refractivity contribution in [2.75, 3.05) is 36.6 Å². The Bertz CT molecular complexity index is 528. The molecular weight excluding hydrogens is 282 g/mol. The molecule has 0 atom stereocenters. The summed E-state index contributed by atoms with van der Waals surface area (Å²) in [5.74, 6) is 0. The van der Waals surface area contributed by atoms with Gasteiger partial charge in [0.1, 0.15) is 0 Å². The first-order chi connectivity index (χ1) is 9.40. The number of methoxy groups -OCH3 is 1. The van der Waals surface area contributed by atoms with Crippen molar-refractivity contribution in [2.24, 2.45) is 0 Å². The number of urea groups is 1. The summed E-state index contributed by atoms with van der Waals surface area (Å²) < 4.78 is 29.3. The highest BCUT2D eigenvalue weighted by Crippen LogP contribution is 2.14. The van der Waals surface area contributed by atoms with Gasteiger partial charge in [-0.25, -0.2) is 13.2 Å². The number of amides is 2. The van der Waals surface area contributed by atoms with Crippen LogP contribution in [0.25, 0.3) is 0 Å². The van der Waals surface area contributed by atoms with Crippen molar-refractivity contribution < 1.29 is 17.9 Å². The lowest BCUT2D eigenvalue weighted by Gasteiger charge is -2.08. The Morgan fingerprint density at radius 3 is 2.35 bits per heavy atom. The highest BCUT2D eigenvalue weighted by molar-refractivity contribution is 7.92. The molecule has 1 aromatic rings. The second-order valence-corrected chi connectivity index (χ2v) is 5.93. The molecule has 0 aliphatic heterocycles. The van der Waals surface area contributed by atoms with Crippen molar-refractivity contribution in [3.05, 3.63) is 24.3 Å². The zero-order valence-electron chi connectivity index (χ0n) is 11.5. The van der Waals surface area contributed by atoms with E-state index in [0.29, 0.717) is 24.5 Å². The number of hydrogen-bond donors (Lipinski definition) is 3. The predicted molar refractivity (Wildman–Crippen MR) is 78.4 cm³/mol. The van der Waals surface area contributed by atoms with E-state index in [2.05, 4.69) is 15.4 Å². The average Bonchev–Trinajstić information content (AvgIpc) is 2.35. The first kappa shape index (κ1) is 16.3. The molecule has 1 aromatic carbocycles. The van der Waals surface area contributed by atoms with Crippen LogP contribution >= 0.6 is 0 Å². The molecule has 0 unspecified atom stereocenters. The van der Waals surface area contributed by atoms with Gasteiger partial charge in [0.2, 0.25) is 10.0 Å². The highest BCUT2D eigenvalue weighted by Gasteiger charge is 2.03. The SMILES string of the molecule is COCCCNC(=O)Nc1ccc(NS(C)(=O)=O)cc1. The fourth-order valence-electron chi connectivity index (χ4n) is 1.43. The van der Waals surface area contributed by atoms with Gasteiger partial charge in [-0.15, -0.1) is 0 Å². The van der Waals surface area contributed by atoms with Gasteiger partial charge in [0, 0.05) is 31.6 Å². The molecule has 7 nitrogen and oxygen atoms in total. The van der Waals surface area contributed by atoms with Gasteiger partial charge in [0.25, 0.3) is 0 Å². The third kappa shape index (κ3) is 6.95. The fraction of sp³-hybridized carbons (Fsp3) is 0.417. The number of nitrogens with one attached hydrogen (secondary N) is 3. The number of sulfonamides is 1. The standard InChI is InChI=1S/C12H19N3O4S/c1-19-9-3-8-13-12(16)14-10-4-6-11(7-5-10)15-20(2,17)18/h4-7,15H,3,8-9H2,1-2H3,(H2,13,14,16). The summed E-state index contributed by atoms with van der Waals surface area (Å²) in [7, 11) is -1.69. The summed E-state index contributed by atoms with van der Waals surface area (Å²) in [6.07, 6.45) is 1.81. The van der Waals surface area contributed by atoms with Crippen LogP contribution in [0.4, 0.5) is 16.2 Å². The van der Waals surface area contributed by atoms with Crippen LogP contribution in [0, 0.1) is 0 Å². The molecule has 1 rings (SSSR count). The maximum atomic E-state index is 11.5. The Balaban J connectivity index is 2.43. The molecule has 0 fully saturated rings. The van der Waals surface area contributed by atoms with E-state index >= 15 is 0 Å². The van der Waals surface area contributed by atoms with Crippen LogP contribution in [0.3, 0.4) is 0 Å². The average molecular weight is 301 g/mol. The lowest BCUT2D eigenvalue weighted by atomic mass is 10.3. The molecule has 0 heterocycles. The summed E-state index contributed by atoms with van der Waals surface area (Å²) in [5, 5.41) is 5.32. The smallest absolute Gasteiger partial charge is 0.319 e. The van der Waals surface area contributed by atoms with Crippen LogP contribution in [0.1, 0.15) is 6.42 Å². The van der Waals surface area contributed by atoms with Crippen LogP contribution in [-0.4, -0.2) is 41.0 Å². The number of ether oxygens (including phenoxy) is 1. The first-order valence-corrected chi connectivity index (χ1v) is 7.91. The van der Waals surface area contributed by atoms with E-state index in [0.717, 1.165) is 12.7 Å². The summed E-state index contributed by atoms with van der Waals surface area (Å²) in [6.45, 7) is 1.11. The van der Waals surface area contributed by atoms with Crippen molar-refractivity contribution in [1.82, 2.24) is 5.32 Å². The van der Waals surface area contributed by atoms with Gasteiger partial charge in [-0.2, -0.15) is 0 Å². The van der Waals surface area contributed by atoms with Crippen LogP contribution in [0.15, 0.2) is 24.3 Å². The van der Waals surface area contributed by atoms with E-state index in [4.69, 9.17) is 4.74 Å². The van der Waals surface area contributed by atoms with Crippen LogP contribution in [-0.2, 0) is 14.8 Å². The second kappa shape index (κ2) is 7.71. The summed E-state index contributed by atoms with van der Waals surface area (Å²) in [6, 6.07) is 6.05. The minimum Gasteiger partial charge on any atom is -0.385 e. The molecule has 112 valence electrons.